The Bertz CT molecular complexity index is 563. The van der Waals surface area contributed by atoms with Crippen molar-refractivity contribution in [2.24, 2.45) is 0 Å². The van der Waals surface area contributed by atoms with Crippen LogP contribution in [0.3, 0.4) is 0 Å². The highest BCUT2D eigenvalue weighted by atomic mass is 32.1. The van der Waals surface area contributed by atoms with Crippen molar-refractivity contribution in [2.75, 3.05) is 6.54 Å². The third kappa shape index (κ3) is 2.97. The Morgan fingerprint density at radius 2 is 2.15 bits per heavy atom. The average Bonchev–Trinajstić information content (AvgIpc) is 2.92. The monoisotopic (exact) mass is 285 g/mol. The summed E-state index contributed by atoms with van der Waals surface area (Å²) >= 11 is 1.95. The van der Waals surface area contributed by atoms with Crippen molar-refractivity contribution in [3.05, 3.63) is 46.9 Å². The van der Waals surface area contributed by atoms with Crippen LogP contribution in [0.5, 0.6) is 0 Å². The molecule has 0 fully saturated rings. The fourth-order valence-electron chi connectivity index (χ4n) is 2.97. The standard InChI is InChI=1S/C18H23NS/c1-2-12-19-18(14-8-4-3-5-9-14)17-13-15-10-6-7-11-16(15)20-17/h6-8,10-11,13,18-19H,2-5,9,12H2,1H3. The van der Waals surface area contributed by atoms with E-state index in [0.717, 1.165) is 6.54 Å². The van der Waals surface area contributed by atoms with Crippen LogP contribution >= 0.6 is 11.3 Å². The molecule has 0 amide bonds. The molecule has 0 radical (unpaired) electrons. The van der Waals surface area contributed by atoms with E-state index in [9.17, 15) is 0 Å². The van der Waals surface area contributed by atoms with Gasteiger partial charge in [0.05, 0.1) is 6.04 Å². The van der Waals surface area contributed by atoms with Gasteiger partial charge in [-0.05, 0) is 56.2 Å². The molecule has 1 aromatic heterocycles. The predicted octanol–water partition coefficient (Wildman–Crippen LogP) is 5.44. The van der Waals surface area contributed by atoms with Crippen LogP contribution in [0.1, 0.15) is 49.9 Å². The van der Waals surface area contributed by atoms with Crippen LogP contribution in [-0.4, -0.2) is 6.54 Å². The molecule has 0 aliphatic heterocycles. The third-order valence-electron chi connectivity index (χ3n) is 4.02. The van der Waals surface area contributed by atoms with Gasteiger partial charge in [0.1, 0.15) is 0 Å². The van der Waals surface area contributed by atoms with Crippen LogP contribution in [0.2, 0.25) is 0 Å². The summed E-state index contributed by atoms with van der Waals surface area (Å²) in [5, 5.41) is 5.14. The first-order chi connectivity index (χ1) is 9.88. The second kappa shape index (κ2) is 6.55. The van der Waals surface area contributed by atoms with Gasteiger partial charge in [-0.2, -0.15) is 0 Å². The van der Waals surface area contributed by atoms with E-state index in [2.05, 4.69) is 48.6 Å². The molecule has 0 bridgehead atoms. The van der Waals surface area contributed by atoms with E-state index in [1.807, 2.05) is 11.3 Å². The molecule has 0 saturated heterocycles. The van der Waals surface area contributed by atoms with Crippen molar-refractivity contribution in [3.8, 4) is 0 Å². The Morgan fingerprint density at radius 3 is 2.90 bits per heavy atom. The fraction of sp³-hybridized carbons (Fsp3) is 0.444. The van der Waals surface area contributed by atoms with Crippen molar-refractivity contribution >= 4 is 21.4 Å². The van der Waals surface area contributed by atoms with Gasteiger partial charge in [-0.15, -0.1) is 11.3 Å². The van der Waals surface area contributed by atoms with Gasteiger partial charge < -0.3 is 5.32 Å². The zero-order valence-electron chi connectivity index (χ0n) is 12.2. The number of allylic oxidation sites excluding steroid dienone is 1. The molecule has 1 atom stereocenters. The highest BCUT2D eigenvalue weighted by Gasteiger charge is 2.19. The lowest BCUT2D eigenvalue weighted by Gasteiger charge is -2.23. The van der Waals surface area contributed by atoms with Crippen molar-refractivity contribution in [2.45, 2.75) is 45.1 Å². The van der Waals surface area contributed by atoms with E-state index in [0.29, 0.717) is 6.04 Å². The van der Waals surface area contributed by atoms with Gasteiger partial charge in [-0.25, -0.2) is 0 Å². The van der Waals surface area contributed by atoms with Crippen LogP contribution in [0.4, 0.5) is 0 Å². The number of benzene rings is 1. The average molecular weight is 285 g/mol. The van der Waals surface area contributed by atoms with Gasteiger partial charge in [0.2, 0.25) is 0 Å². The molecule has 0 saturated carbocycles. The van der Waals surface area contributed by atoms with Gasteiger partial charge in [0.25, 0.3) is 0 Å². The lowest BCUT2D eigenvalue weighted by molar-refractivity contribution is 0.552. The van der Waals surface area contributed by atoms with E-state index < -0.39 is 0 Å². The van der Waals surface area contributed by atoms with Gasteiger partial charge in [0.15, 0.2) is 0 Å². The van der Waals surface area contributed by atoms with Crippen LogP contribution in [0.25, 0.3) is 10.1 Å². The maximum Gasteiger partial charge on any atom is 0.0630 e. The van der Waals surface area contributed by atoms with Gasteiger partial charge in [-0.1, -0.05) is 36.8 Å². The zero-order chi connectivity index (χ0) is 13.8. The molecule has 1 nitrogen and oxygen atoms in total. The number of thiophene rings is 1. The van der Waals surface area contributed by atoms with E-state index >= 15 is 0 Å². The minimum absolute atomic E-state index is 0.438. The predicted molar refractivity (Wildman–Crippen MR) is 89.4 cm³/mol. The molecule has 20 heavy (non-hydrogen) atoms. The molecule has 1 aliphatic carbocycles. The quantitative estimate of drug-likeness (QED) is 0.721. The number of rotatable bonds is 5. The summed E-state index contributed by atoms with van der Waals surface area (Å²) in [6, 6.07) is 11.5. The van der Waals surface area contributed by atoms with Gasteiger partial charge in [0, 0.05) is 9.58 Å². The summed E-state index contributed by atoms with van der Waals surface area (Å²) in [6.07, 6.45) is 8.88. The Balaban J connectivity index is 1.92. The van der Waals surface area contributed by atoms with Gasteiger partial charge >= 0.3 is 0 Å². The molecule has 1 aliphatic rings. The fourth-order valence-corrected chi connectivity index (χ4v) is 4.16. The molecule has 2 aromatic rings. The smallest absolute Gasteiger partial charge is 0.0630 e. The van der Waals surface area contributed by atoms with Crippen LogP contribution < -0.4 is 5.32 Å². The van der Waals surface area contributed by atoms with Crippen LogP contribution in [0, 0.1) is 0 Å². The van der Waals surface area contributed by atoms with Crippen LogP contribution in [-0.2, 0) is 0 Å². The largest absolute Gasteiger partial charge is 0.306 e. The summed E-state index contributed by atoms with van der Waals surface area (Å²) in [7, 11) is 0. The summed E-state index contributed by atoms with van der Waals surface area (Å²) in [5.41, 5.74) is 1.61. The highest BCUT2D eigenvalue weighted by Crippen LogP contribution is 2.36. The lowest BCUT2D eigenvalue weighted by Crippen LogP contribution is -2.24. The maximum atomic E-state index is 3.76. The first-order valence-electron chi connectivity index (χ1n) is 7.79. The molecule has 106 valence electrons. The second-order valence-electron chi connectivity index (χ2n) is 5.60. The molecule has 1 unspecified atom stereocenters. The summed E-state index contributed by atoms with van der Waals surface area (Å²) < 4.78 is 1.40. The zero-order valence-corrected chi connectivity index (χ0v) is 13.0. The Morgan fingerprint density at radius 1 is 1.25 bits per heavy atom. The van der Waals surface area contributed by atoms with E-state index in [4.69, 9.17) is 0 Å². The maximum absolute atomic E-state index is 3.76. The normalized spacial score (nSPS) is 17.1. The summed E-state index contributed by atoms with van der Waals surface area (Å²) in [5.74, 6) is 0. The highest BCUT2D eigenvalue weighted by molar-refractivity contribution is 7.19. The van der Waals surface area contributed by atoms with E-state index in [1.165, 1.54) is 47.1 Å². The SMILES string of the molecule is CCCNC(C1=CCCCC1)c1cc2ccccc2s1. The van der Waals surface area contributed by atoms with Crippen LogP contribution in [0.15, 0.2) is 42.0 Å². The third-order valence-corrected chi connectivity index (χ3v) is 5.21. The molecule has 1 N–H and O–H groups in total. The molecule has 0 spiro atoms. The minimum Gasteiger partial charge on any atom is -0.306 e. The number of hydrogen-bond donors (Lipinski definition) is 1. The minimum atomic E-state index is 0.438. The van der Waals surface area contributed by atoms with Crippen molar-refractivity contribution in [1.29, 1.82) is 0 Å². The van der Waals surface area contributed by atoms with Gasteiger partial charge in [-0.3, -0.25) is 0 Å². The first-order valence-corrected chi connectivity index (χ1v) is 8.61. The summed E-state index contributed by atoms with van der Waals surface area (Å²) in [4.78, 5) is 1.48. The van der Waals surface area contributed by atoms with E-state index in [-0.39, 0.29) is 0 Å². The van der Waals surface area contributed by atoms with Crippen molar-refractivity contribution in [3.63, 3.8) is 0 Å². The lowest BCUT2D eigenvalue weighted by atomic mass is 9.93. The summed E-state index contributed by atoms with van der Waals surface area (Å²) in [6.45, 7) is 3.33. The molecule has 3 rings (SSSR count). The second-order valence-corrected chi connectivity index (χ2v) is 6.71. The Kier molecular flexibility index (Phi) is 4.54. The topological polar surface area (TPSA) is 12.0 Å². The van der Waals surface area contributed by atoms with E-state index in [1.54, 1.807) is 5.57 Å². The molecule has 2 heteroatoms. The van der Waals surface area contributed by atoms with Crippen molar-refractivity contribution < 1.29 is 0 Å². The molecular weight excluding hydrogens is 262 g/mol. The molecule has 1 aromatic carbocycles. The Labute approximate surface area is 125 Å². The molecule has 1 heterocycles. The van der Waals surface area contributed by atoms with Crippen molar-refractivity contribution in [1.82, 2.24) is 5.32 Å². The molecular formula is C18H23NS. The first kappa shape index (κ1) is 13.8. The Hall–Kier alpha value is -1.12. The number of fused-ring (bicyclic) bond motifs is 1. The number of nitrogens with one attached hydrogen (secondary N) is 1. The number of hydrogen-bond acceptors (Lipinski definition) is 2.